The van der Waals surface area contributed by atoms with E-state index in [-0.39, 0.29) is 11.5 Å². The molecule has 0 N–H and O–H groups in total. The smallest absolute Gasteiger partial charge is 0.231 e. The highest BCUT2D eigenvalue weighted by atomic mass is 35.5. The number of halogens is 2. The molecule has 0 saturated carbocycles. The molecule has 1 fully saturated rings. The van der Waals surface area contributed by atoms with Crippen molar-refractivity contribution in [2.24, 2.45) is 0 Å². The van der Waals surface area contributed by atoms with E-state index in [4.69, 9.17) is 32.7 Å². The molecular formula is C22H21Cl2NO3. The van der Waals surface area contributed by atoms with E-state index >= 15 is 0 Å². The molecule has 2 aliphatic rings. The Morgan fingerprint density at radius 1 is 1.07 bits per heavy atom. The Kier molecular flexibility index (Phi) is 5.90. The fourth-order valence-corrected chi connectivity index (χ4v) is 3.96. The molecule has 0 aliphatic carbocycles. The van der Waals surface area contributed by atoms with Crippen LogP contribution in [-0.4, -0.2) is 36.9 Å². The maximum absolute atomic E-state index is 12.6. The molecule has 0 atom stereocenters. The Balaban J connectivity index is 1.43. The SMILES string of the molecule is O=C1/C(=C/c2ccc(Cl)cc2Cl)Oc2cc(OCCN3CCCCC3)ccc21. The lowest BCUT2D eigenvalue weighted by Gasteiger charge is -2.26. The summed E-state index contributed by atoms with van der Waals surface area (Å²) >= 11 is 12.1. The zero-order valence-electron chi connectivity index (χ0n) is 15.4. The van der Waals surface area contributed by atoms with E-state index < -0.39 is 0 Å². The number of rotatable bonds is 5. The topological polar surface area (TPSA) is 38.8 Å². The van der Waals surface area contributed by atoms with Crippen LogP contribution in [0.15, 0.2) is 42.2 Å². The molecule has 4 rings (SSSR count). The summed E-state index contributed by atoms with van der Waals surface area (Å²) < 4.78 is 11.6. The first-order valence-corrected chi connectivity index (χ1v) is 10.2. The molecule has 2 heterocycles. The largest absolute Gasteiger partial charge is 0.492 e. The standard InChI is InChI=1S/C22H21Cl2NO3/c23-16-5-4-15(19(24)13-16)12-21-22(26)18-7-6-17(14-20(18)28-21)27-11-10-25-8-2-1-3-9-25/h4-7,12-14H,1-3,8-11H2/b21-12-. The van der Waals surface area contributed by atoms with Crippen LogP contribution in [0.1, 0.15) is 35.2 Å². The lowest BCUT2D eigenvalue weighted by Crippen LogP contribution is -2.33. The highest BCUT2D eigenvalue weighted by Crippen LogP contribution is 2.35. The van der Waals surface area contributed by atoms with Gasteiger partial charge in [0.25, 0.3) is 0 Å². The maximum Gasteiger partial charge on any atom is 0.231 e. The lowest BCUT2D eigenvalue weighted by molar-refractivity contribution is 0.101. The molecule has 1 saturated heterocycles. The Hall–Kier alpha value is -2.01. The van der Waals surface area contributed by atoms with E-state index in [1.165, 1.54) is 19.3 Å². The Morgan fingerprint density at radius 2 is 1.89 bits per heavy atom. The van der Waals surface area contributed by atoms with Gasteiger partial charge in [0.1, 0.15) is 18.1 Å². The van der Waals surface area contributed by atoms with Crippen LogP contribution in [0.25, 0.3) is 6.08 Å². The van der Waals surface area contributed by atoms with E-state index in [1.807, 2.05) is 6.07 Å². The molecule has 0 amide bonds. The second kappa shape index (κ2) is 8.56. The highest BCUT2D eigenvalue weighted by molar-refractivity contribution is 6.35. The summed E-state index contributed by atoms with van der Waals surface area (Å²) in [5, 5.41) is 1.01. The number of ketones is 1. The average Bonchev–Trinajstić information content (AvgIpc) is 3.00. The number of hydrogen-bond acceptors (Lipinski definition) is 4. The molecule has 6 heteroatoms. The summed E-state index contributed by atoms with van der Waals surface area (Å²) in [6.45, 7) is 3.83. The fraction of sp³-hybridized carbons (Fsp3) is 0.318. The van der Waals surface area contributed by atoms with Gasteiger partial charge in [-0.2, -0.15) is 0 Å². The fourth-order valence-electron chi connectivity index (χ4n) is 3.49. The minimum Gasteiger partial charge on any atom is -0.492 e. The van der Waals surface area contributed by atoms with Crippen LogP contribution >= 0.6 is 23.2 Å². The van der Waals surface area contributed by atoms with Crippen LogP contribution in [0.3, 0.4) is 0 Å². The number of allylic oxidation sites excluding steroid dienone is 1. The van der Waals surface area contributed by atoms with Gasteiger partial charge < -0.3 is 9.47 Å². The number of Topliss-reactive ketones (excluding diaryl/α,β-unsaturated/α-hetero) is 1. The van der Waals surface area contributed by atoms with Gasteiger partial charge >= 0.3 is 0 Å². The van der Waals surface area contributed by atoms with Crippen LogP contribution < -0.4 is 9.47 Å². The summed E-state index contributed by atoms with van der Waals surface area (Å²) in [5.41, 5.74) is 1.21. The molecule has 0 radical (unpaired) electrons. The number of piperidine rings is 1. The third-order valence-electron chi connectivity index (χ3n) is 5.02. The first-order chi connectivity index (χ1) is 13.6. The Labute approximate surface area is 174 Å². The molecule has 4 nitrogen and oxygen atoms in total. The van der Waals surface area contributed by atoms with Crippen molar-refractivity contribution in [1.82, 2.24) is 4.90 Å². The molecular weight excluding hydrogens is 397 g/mol. The number of likely N-dealkylation sites (tertiary alicyclic amines) is 1. The summed E-state index contributed by atoms with van der Waals surface area (Å²) in [6.07, 6.45) is 5.49. The van der Waals surface area contributed by atoms with Crippen molar-refractivity contribution in [2.45, 2.75) is 19.3 Å². The highest BCUT2D eigenvalue weighted by Gasteiger charge is 2.28. The van der Waals surface area contributed by atoms with Crippen molar-refractivity contribution in [2.75, 3.05) is 26.2 Å². The number of benzene rings is 2. The predicted octanol–water partition coefficient (Wildman–Crippen LogP) is 5.47. The normalized spacial score (nSPS) is 18.2. The minimum absolute atomic E-state index is 0.166. The predicted molar refractivity (Wildman–Crippen MR) is 112 cm³/mol. The lowest BCUT2D eigenvalue weighted by atomic mass is 10.1. The van der Waals surface area contributed by atoms with E-state index in [2.05, 4.69) is 4.90 Å². The summed E-state index contributed by atoms with van der Waals surface area (Å²) in [4.78, 5) is 15.0. The zero-order chi connectivity index (χ0) is 19.5. The molecule has 0 unspecified atom stereocenters. The van der Waals surface area contributed by atoms with Gasteiger partial charge in [0.05, 0.1) is 5.56 Å². The van der Waals surface area contributed by atoms with Crippen molar-refractivity contribution in [1.29, 1.82) is 0 Å². The second-order valence-electron chi connectivity index (χ2n) is 7.01. The molecule has 2 aliphatic heterocycles. The van der Waals surface area contributed by atoms with Crippen molar-refractivity contribution >= 4 is 35.1 Å². The first kappa shape index (κ1) is 19.3. The molecule has 0 spiro atoms. The molecule has 28 heavy (non-hydrogen) atoms. The zero-order valence-corrected chi connectivity index (χ0v) is 16.9. The van der Waals surface area contributed by atoms with Crippen LogP contribution in [-0.2, 0) is 0 Å². The number of carbonyl (C=O) groups excluding carboxylic acids is 1. The Morgan fingerprint density at radius 3 is 2.68 bits per heavy atom. The van der Waals surface area contributed by atoms with Gasteiger partial charge in [0.2, 0.25) is 5.78 Å². The second-order valence-corrected chi connectivity index (χ2v) is 7.86. The summed E-state index contributed by atoms with van der Waals surface area (Å²) in [6, 6.07) is 10.4. The number of nitrogens with zero attached hydrogens (tertiary/aromatic N) is 1. The van der Waals surface area contributed by atoms with E-state index in [1.54, 1.807) is 36.4 Å². The van der Waals surface area contributed by atoms with Crippen molar-refractivity contribution in [3.05, 3.63) is 63.3 Å². The van der Waals surface area contributed by atoms with E-state index in [0.29, 0.717) is 39.3 Å². The molecule has 2 aromatic carbocycles. The van der Waals surface area contributed by atoms with Crippen LogP contribution in [0, 0.1) is 0 Å². The van der Waals surface area contributed by atoms with Gasteiger partial charge in [-0.1, -0.05) is 35.7 Å². The number of fused-ring (bicyclic) bond motifs is 1. The average molecular weight is 418 g/mol. The van der Waals surface area contributed by atoms with Crippen LogP contribution in [0.5, 0.6) is 11.5 Å². The first-order valence-electron chi connectivity index (χ1n) is 9.49. The van der Waals surface area contributed by atoms with Gasteiger partial charge in [0, 0.05) is 22.7 Å². The van der Waals surface area contributed by atoms with Gasteiger partial charge in [-0.25, -0.2) is 0 Å². The van der Waals surface area contributed by atoms with Crippen LogP contribution in [0.2, 0.25) is 10.0 Å². The Bertz CT molecular complexity index is 920. The molecule has 146 valence electrons. The van der Waals surface area contributed by atoms with Gasteiger partial charge in [-0.3, -0.25) is 9.69 Å². The quantitative estimate of drug-likeness (QED) is 0.604. The van der Waals surface area contributed by atoms with Crippen LogP contribution in [0.4, 0.5) is 0 Å². The molecule has 2 aromatic rings. The van der Waals surface area contributed by atoms with Crippen molar-refractivity contribution in [3.63, 3.8) is 0 Å². The number of carbonyl (C=O) groups is 1. The summed E-state index contributed by atoms with van der Waals surface area (Å²) in [7, 11) is 0. The number of ether oxygens (including phenoxy) is 2. The van der Waals surface area contributed by atoms with Gasteiger partial charge in [-0.15, -0.1) is 0 Å². The van der Waals surface area contributed by atoms with Crippen molar-refractivity contribution in [3.8, 4) is 11.5 Å². The number of hydrogen-bond donors (Lipinski definition) is 0. The van der Waals surface area contributed by atoms with E-state index in [9.17, 15) is 4.79 Å². The third-order valence-corrected chi connectivity index (χ3v) is 5.58. The van der Waals surface area contributed by atoms with Crippen molar-refractivity contribution < 1.29 is 14.3 Å². The maximum atomic E-state index is 12.6. The van der Waals surface area contributed by atoms with Gasteiger partial charge in [-0.05, 0) is 61.8 Å². The summed E-state index contributed by atoms with van der Waals surface area (Å²) in [5.74, 6) is 1.29. The van der Waals surface area contributed by atoms with Gasteiger partial charge in [0.15, 0.2) is 5.76 Å². The minimum atomic E-state index is -0.166. The monoisotopic (exact) mass is 417 g/mol. The van der Waals surface area contributed by atoms with E-state index in [0.717, 1.165) is 19.6 Å². The third kappa shape index (κ3) is 4.35. The molecule has 0 aromatic heterocycles. The molecule has 0 bridgehead atoms.